The Hall–Kier alpha value is -2.85. The predicted octanol–water partition coefficient (Wildman–Crippen LogP) is 5.25. The summed E-state index contributed by atoms with van der Waals surface area (Å²) in [6, 6.07) is 17.0. The molecule has 0 radical (unpaired) electrons. The number of methoxy groups -OCH3 is 1. The van der Waals surface area contributed by atoms with Crippen molar-refractivity contribution in [2.45, 2.75) is 18.0 Å². The van der Waals surface area contributed by atoms with Crippen molar-refractivity contribution >= 4 is 29.1 Å². The van der Waals surface area contributed by atoms with Gasteiger partial charge in [-0.1, -0.05) is 47.6 Å². The molecule has 0 saturated carbocycles. The molecular weight excluding hydrogens is 442 g/mol. The molecule has 3 aromatic rings. The van der Waals surface area contributed by atoms with E-state index >= 15 is 0 Å². The Bertz CT molecular complexity index is 1210. The fourth-order valence-electron chi connectivity index (χ4n) is 3.83. The zero-order chi connectivity index (χ0) is 22.7. The Labute approximate surface area is 197 Å². The number of nitrogens with zero attached hydrogens (tertiary/aromatic N) is 3. The Balaban J connectivity index is 1.74. The van der Waals surface area contributed by atoms with Crippen LogP contribution >= 0.6 is 23.4 Å². The van der Waals surface area contributed by atoms with Crippen LogP contribution in [0.5, 0.6) is 5.75 Å². The minimum Gasteiger partial charge on any atom is -0.497 e. The van der Waals surface area contributed by atoms with Gasteiger partial charge < -0.3 is 9.64 Å². The van der Waals surface area contributed by atoms with Gasteiger partial charge in [-0.25, -0.2) is 4.98 Å². The van der Waals surface area contributed by atoms with Crippen LogP contribution in [0.1, 0.15) is 27.2 Å². The van der Waals surface area contributed by atoms with E-state index in [-0.39, 0.29) is 11.5 Å². The van der Waals surface area contributed by atoms with Crippen LogP contribution in [-0.2, 0) is 13.0 Å². The van der Waals surface area contributed by atoms with Crippen LogP contribution in [0, 0.1) is 11.3 Å². The van der Waals surface area contributed by atoms with Gasteiger partial charge >= 0.3 is 0 Å². The van der Waals surface area contributed by atoms with Crippen LogP contribution < -0.4 is 4.74 Å². The van der Waals surface area contributed by atoms with Crippen molar-refractivity contribution < 1.29 is 9.53 Å². The standard InChI is InChI=1S/C25H22ClN3O2S/c1-29-11-10-22-21(14-29)24(16-6-8-19(31-2)9-7-16)20(13-27)25(28-22)32-15-23(30)17-4-3-5-18(26)12-17/h3-9,12H,10-11,14-15H2,1-2H3. The average molecular weight is 464 g/mol. The number of hydrogen-bond donors (Lipinski definition) is 0. The minimum absolute atomic E-state index is 0.0494. The van der Waals surface area contributed by atoms with Gasteiger partial charge in [-0.3, -0.25) is 4.79 Å². The first-order valence-electron chi connectivity index (χ1n) is 10.2. The third-order valence-electron chi connectivity index (χ3n) is 5.49. The maximum Gasteiger partial charge on any atom is 0.173 e. The normalized spacial score (nSPS) is 13.3. The van der Waals surface area contributed by atoms with Crippen LogP contribution in [0.15, 0.2) is 53.6 Å². The molecule has 0 bridgehead atoms. The summed E-state index contributed by atoms with van der Waals surface area (Å²) in [5.74, 6) is 0.892. The van der Waals surface area contributed by atoms with Gasteiger partial charge in [0.05, 0.1) is 18.4 Å². The average Bonchev–Trinajstić information content (AvgIpc) is 2.81. The van der Waals surface area contributed by atoms with Crippen molar-refractivity contribution in [2.75, 3.05) is 26.5 Å². The quantitative estimate of drug-likeness (QED) is 0.367. The lowest BCUT2D eigenvalue weighted by atomic mass is 9.92. The number of nitriles is 1. The van der Waals surface area contributed by atoms with Gasteiger partial charge in [-0.15, -0.1) is 0 Å². The molecule has 0 amide bonds. The molecule has 0 saturated heterocycles. The number of thioether (sulfide) groups is 1. The van der Waals surface area contributed by atoms with Gasteiger partial charge in [0.2, 0.25) is 0 Å². The van der Waals surface area contributed by atoms with E-state index < -0.39 is 0 Å². The maximum absolute atomic E-state index is 12.7. The highest BCUT2D eigenvalue weighted by molar-refractivity contribution is 8.00. The van der Waals surface area contributed by atoms with Gasteiger partial charge in [-0.05, 0) is 42.4 Å². The fraction of sp³-hybridized carbons (Fsp3) is 0.240. The van der Waals surface area contributed by atoms with Gasteiger partial charge in [0.15, 0.2) is 5.78 Å². The summed E-state index contributed by atoms with van der Waals surface area (Å²) in [7, 11) is 3.70. The maximum atomic E-state index is 12.7. The van der Waals surface area contributed by atoms with E-state index in [0.29, 0.717) is 21.2 Å². The Morgan fingerprint density at radius 2 is 2.06 bits per heavy atom. The zero-order valence-electron chi connectivity index (χ0n) is 17.9. The highest BCUT2D eigenvalue weighted by Gasteiger charge is 2.25. The molecule has 0 atom stereocenters. The molecule has 7 heteroatoms. The molecule has 32 heavy (non-hydrogen) atoms. The number of rotatable bonds is 6. The zero-order valence-corrected chi connectivity index (χ0v) is 19.5. The van der Waals surface area contributed by atoms with Gasteiger partial charge in [0.1, 0.15) is 16.8 Å². The van der Waals surface area contributed by atoms with Gasteiger partial charge in [-0.2, -0.15) is 5.26 Å². The first-order valence-corrected chi connectivity index (χ1v) is 11.6. The topological polar surface area (TPSA) is 66.2 Å². The second-order valence-electron chi connectivity index (χ2n) is 7.64. The number of carbonyl (C=O) groups is 1. The van der Waals surface area contributed by atoms with Crippen molar-refractivity contribution in [3.8, 4) is 22.9 Å². The molecule has 162 valence electrons. The number of ether oxygens (including phenoxy) is 1. The first-order chi connectivity index (χ1) is 15.5. The van der Waals surface area contributed by atoms with E-state index in [0.717, 1.165) is 47.6 Å². The van der Waals surface area contributed by atoms with Crippen LogP contribution in [0.25, 0.3) is 11.1 Å². The smallest absolute Gasteiger partial charge is 0.173 e. The summed E-state index contributed by atoms with van der Waals surface area (Å²) in [5, 5.41) is 11.2. The summed E-state index contributed by atoms with van der Waals surface area (Å²) < 4.78 is 5.29. The number of hydrogen-bond acceptors (Lipinski definition) is 6. The summed E-state index contributed by atoms with van der Waals surface area (Å²) in [4.78, 5) is 19.8. The lowest BCUT2D eigenvalue weighted by Gasteiger charge is -2.28. The monoisotopic (exact) mass is 463 g/mol. The van der Waals surface area contributed by atoms with E-state index in [9.17, 15) is 10.1 Å². The SMILES string of the molecule is COc1ccc(-c2c(C#N)c(SCC(=O)c3cccc(Cl)c3)nc3c2CN(C)CC3)cc1. The fourth-order valence-corrected chi connectivity index (χ4v) is 4.93. The minimum atomic E-state index is -0.0494. The van der Waals surface area contributed by atoms with Gasteiger partial charge in [0.25, 0.3) is 0 Å². The number of likely N-dealkylation sites (N-methyl/N-ethyl adjacent to an activating group) is 1. The van der Waals surface area contributed by atoms with Crippen molar-refractivity contribution in [1.29, 1.82) is 5.26 Å². The van der Waals surface area contributed by atoms with Crippen LogP contribution in [0.3, 0.4) is 0 Å². The molecule has 0 fully saturated rings. The molecule has 5 nitrogen and oxygen atoms in total. The lowest BCUT2D eigenvalue weighted by Crippen LogP contribution is -2.28. The van der Waals surface area contributed by atoms with E-state index in [2.05, 4.69) is 18.0 Å². The summed E-state index contributed by atoms with van der Waals surface area (Å²) >= 11 is 7.33. The van der Waals surface area contributed by atoms with Crippen LogP contribution in [0.2, 0.25) is 5.02 Å². The summed E-state index contributed by atoms with van der Waals surface area (Å²) in [5.41, 5.74) is 4.96. The molecule has 1 aliphatic rings. The molecule has 2 heterocycles. The number of fused-ring (bicyclic) bond motifs is 1. The molecule has 0 unspecified atom stereocenters. The number of pyridine rings is 1. The van der Waals surface area contributed by atoms with Crippen molar-refractivity contribution in [3.05, 3.63) is 75.9 Å². The van der Waals surface area contributed by atoms with Crippen molar-refractivity contribution in [1.82, 2.24) is 9.88 Å². The number of benzene rings is 2. The Kier molecular flexibility index (Phi) is 6.80. The van der Waals surface area contributed by atoms with Crippen molar-refractivity contribution in [3.63, 3.8) is 0 Å². The van der Waals surface area contributed by atoms with Gasteiger partial charge in [0, 0.05) is 41.4 Å². The number of halogens is 1. The summed E-state index contributed by atoms with van der Waals surface area (Å²) in [6.07, 6.45) is 0.802. The highest BCUT2D eigenvalue weighted by atomic mass is 35.5. The summed E-state index contributed by atoms with van der Waals surface area (Å²) in [6.45, 7) is 1.63. The molecular formula is C25H22ClN3O2S. The highest BCUT2D eigenvalue weighted by Crippen LogP contribution is 2.37. The second-order valence-corrected chi connectivity index (χ2v) is 9.04. The van der Waals surface area contributed by atoms with Crippen LogP contribution in [0.4, 0.5) is 0 Å². The first kappa shape index (κ1) is 22.3. The molecule has 0 N–H and O–H groups in total. The third kappa shape index (κ3) is 4.66. The largest absolute Gasteiger partial charge is 0.497 e. The molecule has 1 aliphatic heterocycles. The van der Waals surface area contributed by atoms with Crippen LogP contribution in [-0.4, -0.2) is 42.1 Å². The van der Waals surface area contributed by atoms with Crippen molar-refractivity contribution in [2.24, 2.45) is 0 Å². The molecule has 2 aromatic carbocycles. The number of aromatic nitrogens is 1. The number of carbonyl (C=O) groups excluding carboxylic acids is 1. The van der Waals surface area contributed by atoms with E-state index in [1.165, 1.54) is 11.8 Å². The third-order valence-corrected chi connectivity index (χ3v) is 6.70. The molecule has 0 spiro atoms. The number of Topliss-reactive ketones (excluding diaryl/α,β-unsaturated/α-hetero) is 1. The number of ketones is 1. The van der Waals surface area contributed by atoms with E-state index in [1.807, 2.05) is 24.3 Å². The Morgan fingerprint density at radius 3 is 2.75 bits per heavy atom. The van der Waals surface area contributed by atoms with E-state index in [1.54, 1.807) is 31.4 Å². The predicted molar refractivity (Wildman–Crippen MR) is 127 cm³/mol. The second kappa shape index (κ2) is 9.74. The van der Waals surface area contributed by atoms with E-state index in [4.69, 9.17) is 21.3 Å². The molecule has 1 aromatic heterocycles. The molecule has 0 aliphatic carbocycles. The molecule has 4 rings (SSSR count). The Morgan fingerprint density at radius 1 is 1.28 bits per heavy atom. The lowest BCUT2D eigenvalue weighted by molar-refractivity contribution is 0.102.